The number of amides is 1. The number of carbonyl (C=O) groups is 1. The van der Waals surface area contributed by atoms with Crippen molar-refractivity contribution < 1.29 is 9.00 Å². The van der Waals surface area contributed by atoms with Gasteiger partial charge in [-0.05, 0) is 31.7 Å². The van der Waals surface area contributed by atoms with Crippen LogP contribution in [0, 0.1) is 5.92 Å². The Morgan fingerprint density at radius 2 is 2.29 bits per heavy atom. The van der Waals surface area contributed by atoms with Gasteiger partial charge in [0.15, 0.2) is 0 Å². The van der Waals surface area contributed by atoms with Crippen molar-refractivity contribution in [3.8, 4) is 0 Å². The minimum absolute atomic E-state index is 0.0406. The minimum atomic E-state index is -0.802. The summed E-state index contributed by atoms with van der Waals surface area (Å²) in [5.41, 5.74) is 0. The van der Waals surface area contributed by atoms with Crippen LogP contribution in [0.15, 0.2) is 0 Å². The maximum absolute atomic E-state index is 11.8. The first-order valence-electron chi connectivity index (χ1n) is 6.34. The molecule has 1 fully saturated rings. The molecule has 0 spiro atoms. The van der Waals surface area contributed by atoms with Gasteiger partial charge >= 0.3 is 0 Å². The average Bonchev–Trinajstić information content (AvgIpc) is 2.28. The quantitative estimate of drug-likeness (QED) is 0.763. The molecule has 1 rings (SSSR count). The molecule has 1 heterocycles. The van der Waals surface area contributed by atoms with Crippen LogP contribution in [0.4, 0.5) is 0 Å². The van der Waals surface area contributed by atoms with E-state index in [1.54, 1.807) is 6.26 Å². The Bertz CT molecular complexity index is 284. The Morgan fingerprint density at radius 3 is 2.88 bits per heavy atom. The molecule has 0 aromatic carbocycles. The lowest BCUT2D eigenvalue weighted by Gasteiger charge is -2.27. The zero-order valence-corrected chi connectivity index (χ0v) is 11.8. The Labute approximate surface area is 106 Å². The second kappa shape index (κ2) is 7.11. The highest BCUT2D eigenvalue weighted by molar-refractivity contribution is 7.84. The molecule has 1 amide bonds. The fourth-order valence-electron chi connectivity index (χ4n) is 2.00. The van der Waals surface area contributed by atoms with Crippen LogP contribution in [0.25, 0.3) is 0 Å². The van der Waals surface area contributed by atoms with Gasteiger partial charge < -0.3 is 10.6 Å². The van der Waals surface area contributed by atoms with E-state index in [9.17, 15) is 9.00 Å². The van der Waals surface area contributed by atoms with Crippen LogP contribution in [-0.4, -0.2) is 40.8 Å². The molecule has 4 unspecified atom stereocenters. The Morgan fingerprint density at radius 1 is 1.59 bits per heavy atom. The van der Waals surface area contributed by atoms with Crippen molar-refractivity contribution in [3.63, 3.8) is 0 Å². The van der Waals surface area contributed by atoms with Gasteiger partial charge in [-0.2, -0.15) is 0 Å². The number of nitrogens with one attached hydrogen (secondary N) is 2. The van der Waals surface area contributed by atoms with Crippen molar-refractivity contribution >= 4 is 16.7 Å². The molecule has 1 aliphatic heterocycles. The lowest BCUT2D eigenvalue weighted by Crippen LogP contribution is -2.48. The largest absolute Gasteiger partial charge is 0.355 e. The zero-order chi connectivity index (χ0) is 12.8. The maximum atomic E-state index is 11.8. The highest BCUT2D eigenvalue weighted by Crippen LogP contribution is 2.14. The van der Waals surface area contributed by atoms with E-state index in [0.717, 1.165) is 25.8 Å². The van der Waals surface area contributed by atoms with Crippen molar-refractivity contribution in [2.45, 2.75) is 44.4 Å². The van der Waals surface area contributed by atoms with E-state index in [2.05, 4.69) is 17.6 Å². The number of hydrogen-bond donors (Lipinski definition) is 2. The van der Waals surface area contributed by atoms with Gasteiger partial charge in [0.25, 0.3) is 0 Å². The summed E-state index contributed by atoms with van der Waals surface area (Å²) in [4.78, 5) is 11.8. The van der Waals surface area contributed by atoms with E-state index >= 15 is 0 Å². The molecule has 0 bridgehead atoms. The molecule has 100 valence electrons. The lowest BCUT2D eigenvalue weighted by molar-refractivity contribution is -0.124. The zero-order valence-electron chi connectivity index (χ0n) is 11.0. The van der Waals surface area contributed by atoms with Gasteiger partial charge in [-0.1, -0.05) is 13.8 Å². The first kappa shape index (κ1) is 14.6. The summed E-state index contributed by atoms with van der Waals surface area (Å²) in [6, 6.07) is -0.0406. The van der Waals surface area contributed by atoms with Crippen LogP contribution >= 0.6 is 0 Å². The topological polar surface area (TPSA) is 58.2 Å². The van der Waals surface area contributed by atoms with Gasteiger partial charge in [-0.3, -0.25) is 9.00 Å². The van der Waals surface area contributed by atoms with Crippen LogP contribution in [0.5, 0.6) is 0 Å². The van der Waals surface area contributed by atoms with Crippen LogP contribution in [-0.2, 0) is 15.6 Å². The normalized spacial score (nSPS) is 28.4. The molecule has 0 radical (unpaired) electrons. The van der Waals surface area contributed by atoms with Gasteiger partial charge in [-0.15, -0.1) is 0 Å². The van der Waals surface area contributed by atoms with Crippen LogP contribution in [0.2, 0.25) is 0 Å². The van der Waals surface area contributed by atoms with Gasteiger partial charge in [0.1, 0.15) is 0 Å². The SMILES string of the molecule is CC1CCNC(C(=O)NCCC(C)S(C)=O)C1. The highest BCUT2D eigenvalue weighted by Gasteiger charge is 2.24. The van der Waals surface area contributed by atoms with Gasteiger partial charge in [0.2, 0.25) is 5.91 Å². The Hall–Kier alpha value is -0.420. The molecule has 5 heteroatoms. The summed E-state index contributed by atoms with van der Waals surface area (Å²) in [5.74, 6) is 0.708. The summed E-state index contributed by atoms with van der Waals surface area (Å²) < 4.78 is 11.2. The first-order valence-corrected chi connectivity index (χ1v) is 7.96. The Balaban J connectivity index is 2.22. The summed E-state index contributed by atoms with van der Waals surface area (Å²) >= 11 is 0. The fourth-order valence-corrected chi connectivity index (χ4v) is 2.44. The van der Waals surface area contributed by atoms with Crippen molar-refractivity contribution in [3.05, 3.63) is 0 Å². The van der Waals surface area contributed by atoms with E-state index in [4.69, 9.17) is 0 Å². The van der Waals surface area contributed by atoms with Gasteiger partial charge in [0, 0.05) is 28.9 Å². The third-order valence-corrected chi connectivity index (χ3v) is 4.77. The average molecular weight is 260 g/mol. The summed E-state index contributed by atoms with van der Waals surface area (Å²) in [6.07, 6.45) is 4.55. The lowest BCUT2D eigenvalue weighted by atomic mass is 9.94. The number of rotatable bonds is 5. The fraction of sp³-hybridized carbons (Fsp3) is 0.917. The predicted octanol–water partition coefficient (Wildman–Crippen LogP) is 0.648. The molecule has 0 aromatic heterocycles. The van der Waals surface area contributed by atoms with E-state index in [1.807, 2.05) is 6.92 Å². The van der Waals surface area contributed by atoms with Gasteiger partial charge in [-0.25, -0.2) is 0 Å². The molecule has 1 aliphatic rings. The van der Waals surface area contributed by atoms with Crippen molar-refractivity contribution in [2.75, 3.05) is 19.3 Å². The van der Waals surface area contributed by atoms with E-state index in [-0.39, 0.29) is 17.2 Å². The molecule has 0 aromatic rings. The third-order valence-electron chi connectivity index (χ3n) is 3.40. The molecule has 17 heavy (non-hydrogen) atoms. The number of hydrogen-bond acceptors (Lipinski definition) is 3. The number of piperidine rings is 1. The van der Waals surface area contributed by atoms with E-state index in [0.29, 0.717) is 12.5 Å². The van der Waals surface area contributed by atoms with E-state index in [1.165, 1.54) is 0 Å². The summed E-state index contributed by atoms with van der Waals surface area (Å²) in [6.45, 7) is 5.67. The molecule has 4 atom stereocenters. The van der Waals surface area contributed by atoms with Crippen molar-refractivity contribution in [1.82, 2.24) is 10.6 Å². The summed E-state index contributed by atoms with van der Waals surface area (Å²) in [7, 11) is -0.802. The predicted molar refractivity (Wildman–Crippen MR) is 71.3 cm³/mol. The third kappa shape index (κ3) is 5.17. The van der Waals surface area contributed by atoms with Crippen LogP contribution in [0.1, 0.15) is 33.1 Å². The van der Waals surface area contributed by atoms with Crippen LogP contribution in [0.3, 0.4) is 0 Å². The second-order valence-corrected chi connectivity index (χ2v) is 6.83. The second-order valence-electron chi connectivity index (χ2n) is 5.03. The molecule has 0 aliphatic carbocycles. The molecule has 0 saturated carbocycles. The minimum Gasteiger partial charge on any atom is -0.355 e. The molecule has 4 nitrogen and oxygen atoms in total. The molecule has 2 N–H and O–H groups in total. The number of carbonyl (C=O) groups excluding carboxylic acids is 1. The first-order chi connectivity index (χ1) is 8.00. The van der Waals surface area contributed by atoms with Crippen LogP contribution < -0.4 is 10.6 Å². The molecular weight excluding hydrogens is 236 g/mol. The monoisotopic (exact) mass is 260 g/mol. The van der Waals surface area contributed by atoms with Gasteiger partial charge in [0.05, 0.1) is 6.04 Å². The maximum Gasteiger partial charge on any atom is 0.237 e. The summed E-state index contributed by atoms with van der Waals surface area (Å²) in [5, 5.41) is 6.31. The molecular formula is C12H24N2O2S. The Kier molecular flexibility index (Phi) is 6.12. The molecule has 1 saturated heterocycles. The van der Waals surface area contributed by atoms with Crippen molar-refractivity contribution in [1.29, 1.82) is 0 Å². The smallest absolute Gasteiger partial charge is 0.237 e. The van der Waals surface area contributed by atoms with E-state index < -0.39 is 10.8 Å². The van der Waals surface area contributed by atoms with Crippen molar-refractivity contribution in [2.24, 2.45) is 5.92 Å². The standard InChI is InChI=1S/C12H24N2O2S/c1-9-4-6-13-11(8-9)12(15)14-7-5-10(2)17(3)16/h9-11,13H,4-8H2,1-3H3,(H,14,15). The highest BCUT2D eigenvalue weighted by atomic mass is 32.2.